The molecule has 0 radical (unpaired) electrons. The second-order valence-corrected chi connectivity index (χ2v) is 5.51. The standard InChI is InChI=1S/C17H14F3N3O2/c18-17(19,20)11-5-1-2-6-12(11)21-15(24)9-23-10-16(25)22-13-7-3-4-8-14(13)23/h1-8H,9-10H2,(H,21,24)(H,22,25). The van der Waals surface area contributed by atoms with Gasteiger partial charge in [0.1, 0.15) is 0 Å². The molecule has 0 bridgehead atoms. The summed E-state index contributed by atoms with van der Waals surface area (Å²) in [5.74, 6) is -0.927. The molecule has 8 heteroatoms. The van der Waals surface area contributed by atoms with Gasteiger partial charge in [-0.25, -0.2) is 0 Å². The number of carbonyl (C=O) groups excluding carboxylic acids is 2. The van der Waals surface area contributed by atoms with E-state index in [0.717, 1.165) is 6.07 Å². The molecule has 1 aliphatic rings. The molecule has 2 N–H and O–H groups in total. The van der Waals surface area contributed by atoms with Gasteiger partial charge in [-0.2, -0.15) is 13.2 Å². The minimum Gasteiger partial charge on any atom is -0.351 e. The fourth-order valence-electron chi connectivity index (χ4n) is 2.65. The van der Waals surface area contributed by atoms with E-state index in [2.05, 4.69) is 10.6 Å². The second-order valence-electron chi connectivity index (χ2n) is 5.51. The maximum atomic E-state index is 13.0. The lowest BCUT2D eigenvalue weighted by molar-refractivity contribution is -0.137. The number of nitrogens with one attached hydrogen (secondary N) is 2. The number of rotatable bonds is 3. The van der Waals surface area contributed by atoms with Crippen molar-refractivity contribution in [3.05, 3.63) is 54.1 Å². The number of hydrogen-bond acceptors (Lipinski definition) is 3. The number of halogens is 3. The molecule has 0 saturated carbocycles. The van der Waals surface area contributed by atoms with Gasteiger partial charge in [-0.1, -0.05) is 24.3 Å². The number of alkyl halides is 3. The van der Waals surface area contributed by atoms with Crippen molar-refractivity contribution in [2.45, 2.75) is 6.18 Å². The fraction of sp³-hybridized carbons (Fsp3) is 0.176. The molecular formula is C17H14F3N3O2. The van der Waals surface area contributed by atoms with Crippen LogP contribution in [0.4, 0.5) is 30.2 Å². The van der Waals surface area contributed by atoms with Crippen molar-refractivity contribution < 1.29 is 22.8 Å². The highest BCUT2D eigenvalue weighted by atomic mass is 19.4. The predicted octanol–water partition coefficient (Wildman–Crippen LogP) is 3.10. The summed E-state index contributed by atoms with van der Waals surface area (Å²) in [5, 5.41) is 4.96. The van der Waals surface area contributed by atoms with Gasteiger partial charge in [-0.15, -0.1) is 0 Å². The van der Waals surface area contributed by atoms with Crippen LogP contribution in [0.15, 0.2) is 48.5 Å². The molecule has 25 heavy (non-hydrogen) atoms. The van der Waals surface area contributed by atoms with E-state index in [1.54, 1.807) is 24.3 Å². The number of benzene rings is 2. The molecule has 1 heterocycles. The van der Waals surface area contributed by atoms with Crippen LogP contribution in [0.3, 0.4) is 0 Å². The van der Waals surface area contributed by atoms with E-state index < -0.39 is 17.6 Å². The third-order valence-electron chi connectivity index (χ3n) is 3.69. The number of para-hydroxylation sites is 3. The summed E-state index contributed by atoms with van der Waals surface area (Å²) < 4.78 is 39.0. The molecule has 130 valence electrons. The highest BCUT2D eigenvalue weighted by Crippen LogP contribution is 2.34. The molecule has 0 aromatic heterocycles. The van der Waals surface area contributed by atoms with Gasteiger partial charge in [0.15, 0.2) is 0 Å². The Hall–Kier alpha value is -3.03. The Morgan fingerprint density at radius 3 is 2.56 bits per heavy atom. The van der Waals surface area contributed by atoms with Crippen LogP contribution in [-0.4, -0.2) is 24.9 Å². The van der Waals surface area contributed by atoms with Crippen molar-refractivity contribution in [2.75, 3.05) is 28.6 Å². The summed E-state index contributed by atoms with van der Waals surface area (Å²) in [6, 6.07) is 11.7. The normalized spacial score (nSPS) is 13.9. The molecule has 0 aliphatic carbocycles. The monoisotopic (exact) mass is 349 g/mol. The van der Waals surface area contributed by atoms with Gasteiger partial charge in [0.2, 0.25) is 11.8 Å². The Bertz CT molecular complexity index is 821. The zero-order chi connectivity index (χ0) is 18.0. The van der Waals surface area contributed by atoms with Crippen molar-refractivity contribution in [3.63, 3.8) is 0 Å². The Morgan fingerprint density at radius 1 is 1.12 bits per heavy atom. The quantitative estimate of drug-likeness (QED) is 0.895. The topological polar surface area (TPSA) is 61.4 Å². The van der Waals surface area contributed by atoms with Gasteiger partial charge in [0.25, 0.3) is 0 Å². The predicted molar refractivity (Wildman–Crippen MR) is 87.4 cm³/mol. The van der Waals surface area contributed by atoms with Crippen LogP contribution in [-0.2, 0) is 15.8 Å². The molecule has 0 unspecified atom stereocenters. The summed E-state index contributed by atoms with van der Waals surface area (Å²) in [4.78, 5) is 25.5. The summed E-state index contributed by atoms with van der Waals surface area (Å²) in [7, 11) is 0. The highest BCUT2D eigenvalue weighted by molar-refractivity contribution is 6.03. The molecule has 2 amide bonds. The summed E-state index contributed by atoms with van der Waals surface area (Å²) in [6.07, 6.45) is -4.57. The molecule has 2 aromatic rings. The lowest BCUT2D eigenvalue weighted by Crippen LogP contribution is -2.42. The molecule has 0 spiro atoms. The Morgan fingerprint density at radius 2 is 1.80 bits per heavy atom. The van der Waals surface area contributed by atoms with Crippen LogP contribution in [0.2, 0.25) is 0 Å². The fourth-order valence-corrected chi connectivity index (χ4v) is 2.65. The Labute approximate surface area is 141 Å². The third-order valence-corrected chi connectivity index (χ3v) is 3.69. The molecule has 2 aromatic carbocycles. The van der Waals surface area contributed by atoms with Crippen LogP contribution in [0, 0.1) is 0 Å². The summed E-state index contributed by atoms with van der Waals surface area (Å²) in [5.41, 5.74) is -0.0292. The third kappa shape index (κ3) is 3.73. The van der Waals surface area contributed by atoms with Crippen molar-refractivity contribution in [2.24, 2.45) is 0 Å². The lowest BCUT2D eigenvalue weighted by Gasteiger charge is -2.30. The number of nitrogens with zero attached hydrogens (tertiary/aromatic N) is 1. The summed E-state index contributed by atoms with van der Waals surface area (Å²) >= 11 is 0. The van der Waals surface area contributed by atoms with Gasteiger partial charge in [-0.3, -0.25) is 9.59 Å². The number of anilines is 3. The van der Waals surface area contributed by atoms with Crippen LogP contribution in [0.1, 0.15) is 5.56 Å². The Kier molecular flexibility index (Phi) is 4.35. The van der Waals surface area contributed by atoms with Crippen LogP contribution in [0.25, 0.3) is 0 Å². The smallest absolute Gasteiger partial charge is 0.351 e. The van der Waals surface area contributed by atoms with E-state index in [1.165, 1.54) is 23.1 Å². The first-order valence-electron chi connectivity index (χ1n) is 7.44. The van der Waals surface area contributed by atoms with Crippen molar-refractivity contribution in [1.82, 2.24) is 0 Å². The van der Waals surface area contributed by atoms with Crippen molar-refractivity contribution in [3.8, 4) is 0 Å². The van der Waals surface area contributed by atoms with E-state index in [4.69, 9.17) is 0 Å². The molecule has 5 nitrogen and oxygen atoms in total. The van der Waals surface area contributed by atoms with Gasteiger partial charge in [-0.05, 0) is 24.3 Å². The van der Waals surface area contributed by atoms with E-state index in [1.807, 2.05) is 0 Å². The van der Waals surface area contributed by atoms with Crippen LogP contribution >= 0.6 is 0 Å². The zero-order valence-corrected chi connectivity index (χ0v) is 12.9. The van der Waals surface area contributed by atoms with Gasteiger partial charge < -0.3 is 15.5 Å². The number of fused-ring (bicyclic) bond motifs is 1. The molecule has 3 rings (SSSR count). The minimum atomic E-state index is -4.57. The maximum absolute atomic E-state index is 13.0. The average molecular weight is 349 g/mol. The molecule has 1 aliphatic heterocycles. The highest BCUT2D eigenvalue weighted by Gasteiger charge is 2.33. The van der Waals surface area contributed by atoms with E-state index in [-0.39, 0.29) is 24.7 Å². The molecular weight excluding hydrogens is 335 g/mol. The lowest BCUT2D eigenvalue weighted by atomic mass is 10.1. The minimum absolute atomic E-state index is 0.0502. The number of amides is 2. The first-order chi connectivity index (χ1) is 11.8. The largest absolute Gasteiger partial charge is 0.418 e. The molecule has 0 saturated heterocycles. The van der Waals surface area contributed by atoms with Gasteiger partial charge in [0.05, 0.1) is 35.7 Å². The van der Waals surface area contributed by atoms with E-state index in [0.29, 0.717) is 11.4 Å². The first kappa shape index (κ1) is 16.8. The summed E-state index contributed by atoms with van der Waals surface area (Å²) in [6.45, 7) is -0.290. The number of hydrogen-bond donors (Lipinski definition) is 2. The van der Waals surface area contributed by atoms with Crippen LogP contribution < -0.4 is 15.5 Å². The molecule has 0 atom stereocenters. The number of carbonyl (C=O) groups is 2. The van der Waals surface area contributed by atoms with Gasteiger partial charge >= 0.3 is 6.18 Å². The second kappa shape index (κ2) is 6.46. The van der Waals surface area contributed by atoms with Crippen molar-refractivity contribution in [1.29, 1.82) is 0 Å². The van der Waals surface area contributed by atoms with Gasteiger partial charge in [0, 0.05) is 0 Å². The molecule has 0 fully saturated rings. The van der Waals surface area contributed by atoms with Crippen molar-refractivity contribution >= 4 is 28.9 Å². The van der Waals surface area contributed by atoms with E-state index >= 15 is 0 Å². The first-order valence-corrected chi connectivity index (χ1v) is 7.44. The van der Waals surface area contributed by atoms with E-state index in [9.17, 15) is 22.8 Å². The Balaban J connectivity index is 1.78. The SMILES string of the molecule is O=C1CN(CC(=O)Nc2ccccc2C(F)(F)F)c2ccccc2N1. The maximum Gasteiger partial charge on any atom is 0.418 e. The van der Waals surface area contributed by atoms with Crippen LogP contribution in [0.5, 0.6) is 0 Å². The zero-order valence-electron chi connectivity index (χ0n) is 12.9. The average Bonchev–Trinajstić information content (AvgIpc) is 2.54.